The SMILES string of the molecule is C=CCCC(O)C1CCOc2ccccc21. The van der Waals surface area contributed by atoms with Crippen LogP contribution in [0.1, 0.15) is 30.7 Å². The van der Waals surface area contributed by atoms with E-state index in [2.05, 4.69) is 12.6 Å². The zero-order valence-corrected chi connectivity index (χ0v) is 9.43. The number of aliphatic hydroxyl groups is 1. The van der Waals surface area contributed by atoms with Crippen molar-refractivity contribution in [1.29, 1.82) is 0 Å². The van der Waals surface area contributed by atoms with Gasteiger partial charge in [0.15, 0.2) is 0 Å². The summed E-state index contributed by atoms with van der Waals surface area (Å²) in [4.78, 5) is 0. The molecule has 0 amide bonds. The maximum atomic E-state index is 10.1. The number of benzene rings is 1. The zero-order chi connectivity index (χ0) is 11.4. The molecule has 2 atom stereocenters. The Labute approximate surface area is 96.6 Å². The van der Waals surface area contributed by atoms with E-state index >= 15 is 0 Å². The molecule has 1 aliphatic rings. The van der Waals surface area contributed by atoms with Gasteiger partial charge >= 0.3 is 0 Å². The summed E-state index contributed by atoms with van der Waals surface area (Å²) >= 11 is 0. The summed E-state index contributed by atoms with van der Waals surface area (Å²) < 4.78 is 5.58. The smallest absolute Gasteiger partial charge is 0.122 e. The number of aliphatic hydroxyl groups excluding tert-OH is 1. The van der Waals surface area contributed by atoms with Gasteiger partial charge < -0.3 is 9.84 Å². The molecule has 1 N–H and O–H groups in total. The highest BCUT2D eigenvalue weighted by Crippen LogP contribution is 2.36. The Hall–Kier alpha value is -1.28. The first-order chi connectivity index (χ1) is 7.83. The molecule has 0 saturated heterocycles. The van der Waals surface area contributed by atoms with E-state index in [1.54, 1.807) is 0 Å². The van der Waals surface area contributed by atoms with Crippen molar-refractivity contribution in [1.82, 2.24) is 0 Å². The van der Waals surface area contributed by atoms with Gasteiger partial charge in [-0.1, -0.05) is 24.3 Å². The molecular formula is C14H18O2. The molecule has 0 spiro atoms. The van der Waals surface area contributed by atoms with Gasteiger partial charge in [0.25, 0.3) is 0 Å². The Kier molecular flexibility index (Phi) is 3.62. The summed E-state index contributed by atoms with van der Waals surface area (Å²) in [5.74, 6) is 1.14. The normalized spacial score (nSPS) is 20.7. The van der Waals surface area contributed by atoms with Crippen LogP contribution in [0.5, 0.6) is 5.75 Å². The average Bonchev–Trinajstić information content (AvgIpc) is 2.35. The fraction of sp³-hybridized carbons (Fsp3) is 0.429. The molecule has 1 aromatic rings. The third-order valence-corrected chi connectivity index (χ3v) is 3.14. The minimum absolute atomic E-state index is 0.213. The molecule has 2 nitrogen and oxygen atoms in total. The van der Waals surface area contributed by atoms with Crippen molar-refractivity contribution in [2.45, 2.75) is 31.3 Å². The Morgan fingerprint density at radius 3 is 3.12 bits per heavy atom. The molecular weight excluding hydrogens is 200 g/mol. The second kappa shape index (κ2) is 5.17. The van der Waals surface area contributed by atoms with E-state index in [-0.39, 0.29) is 12.0 Å². The monoisotopic (exact) mass is 218 g/mol. The van der Waals surface area contributed by atoms with Gasteiger partial charge in [-0.2, -0.15) is 0 Å². The lowest BCUT2D eigenvalue weighted by molar-refractivity contribution is 0.109. The third-order valence-electron chi connectivity index (χ3n) is 3.14. The van der Waals surface area contributed by atoms with E-state index in [0.29, 0.717) is 6.61 Å². The molecule has 0 bridgehead atoms. The molecule has 0 fully saturated rings. The van der Waals surface area contributed by atoms with Crippen molar-refractivity contribution in [3.63, 3.8) is 0 Å². The van der Waals surface area contributed by atoms with Gasteiger partial charge in [-0.25, -0.2) is 0 Å². The fourth-order valence-corrected chi connectivity index (χ4v) is 2.26. The predicted molar refractivity (Wildman–Crippen MR) is 64.7 cm³/mol. The van der Waals surface area contributed by atoms with Crippen molar-refractivity contribution in [2.24, 2.45) is 0 Å². The molecule has 0 radical (unpaired) electrons. The molecule has 0 saturated carbocycles. The number of hydrogen-bond donors (Lipinski definition) is 1. The predicted octanol–water partition coefficient (Wildman–Crippen LogP) is 2.88. The van der Waals surface area contributed by atoms with Crippen LogP contribution in [0.4, 0.5) is 0 Å². The molecule has 2 heteroatoms. The second-order valence-corrected chi connectivity index (χ2v) is 4.21. The lowest BCUT2D eigenvalue weighted by atomic mass is 9.86. The van der Waals surface area contributed by atoms with Crippen LogP contribution in [0.25, 0.3) is 0 Å². The lowest BCUT2D eigenvalue weighted by Crippen LogP contribution is -2.24. The Morgan fingerprint density at radius 1 is 1.50 bits per heavy atom. The minimum Gasteiger partial charge on any atom is -0.493 e. The minimum atomic E-state index is -0.289. The van der Waals surface area contributed by atoms with Crippen LogP contribution in [-0.4, -0.2) is 17.8 Å². The van der Waals surface area contributed by atoms with Crippen LogP contribution >= 0.6 is 0 Å². The highest BCUT2D eigenvalue weighted by atomic mass is 16.5. The van der Waals surface area contributed by atoms with Crippen LogP contribution in [0.2, 0.25) is 0 Å². The van der Waals surface area contributed by atoms with E-state index < -0.39 is 0 Å². The maximum Gasteiger partial charge on any atom is 0.122 e. The number of para-hydroxylation sites is 1. The topological polar surface area (TPSA) is 29.5 Å². The van der Waals surface area contributed by atoms with Crippen molar-refractivity contribution in [3.8, 4) is 5.75 Å². The third kappa shape index (κ3) is 2.27. The van der Waals surface area contributed by atoms with Gasteiger partial charge in [0.1, 0.15) is 5.75 Å². The van der Waals surface area contributed by atoms with Crippen LogP contribution in [0, 0.1) is 0 Å². The van der Waals surface area contributed by atoms with Crippen LogP contribution in [-0.2, 0) is 0 Å². The van der Waals surface area contributed by atoms with Gasteiger partial charge in [0.2, 0.25) is 0 Å². The summed E-state index contributed by atoms with van der Waals surface area (Å²) in [6, 6.07) is 8.00. The Balaban J connectivity index is 2.14. The summed E-state index contributed by atoms with van der Waals surface area (Å²) in [5.41, 5.74) is 1.14. The first-order valence-corrected chi connectivity index (χ1v) is 5.83. The molecule has 1 heterocycles. The standard InChI is InChI=1S/C14H18O2/c1-2-3-7-13(15)11-9-10-16-14-8-5-4-6-12(11)14/h2,4-6,8,11,13,15H,1,3,7,9-10H2. The van der Waals surface area contributed by atoms with E-state index in [1.807, 2.05) is 24.3 Å². The summed E-state index contributed by atoms with van der Waals surface area (Å²) in [6.45, 7) is 4.39. The number of allylic oxidation sites excluding steroid dienone is 1. The second-order valence-electron chi connectivity index (χ2n) is 4.21. The molecule has 2 unspecified atom stereocenters. The number of hydrogen-bond acceptors (Lipinski definition) is 2. The number of ether oxygens (including phenoxy) is 1. The maximum absolute atomic E-state index is 10.1. The van der Waals surface area contributed by atoms with Crippen LogP contribution < -0.4 is 4.74 Å². The van der Waals surface area contributed by atoms with Gasteiger partial charge in [0.05, 0.1) is 12.7 Å². The molecule has 0 aromatic heterocycles. The molecule has 86 valence electrons. The van der Waals surface area contributed by atoms with E-state index in [9.17, 15) is 5.11 Å². The van der Waals surface area contributed by atoms with Crippen LogP contribution in [0.15, 0.2) is 36.9 Å². The number of rotatable bonds is 4. The molecule has 0 aliphatic carbocycles. The summed E-state index contributed by atoms with van der Waals surface area (Å²) in [7, 11) is 0. The summed E-state index contributed by atoms with van der Waals surface area (Å²) in [5, 5.41) is 10.1. The molecule has 1 aromatic carbocycles. The van der Waals surface area contributed by atoms with Crippen molar-refractivity contribution < 1.29 is 9.84 Å². The van der Waals surface area contributed by atoms with E-state index in [0.717, 1.165) is 30.6 Å². The van der Waals surface area contributed by atoms with Crippen molar-refractivity contribution >= 4 is 0 Å². The molecule has 16 heavy (non-hydrogen) atoms. The van der Waals surface area contributed by atoms with Crippen molar-refractivity contribution in [2.75, 3.05) is 6.61 Å². The zero-order valence-electron chi connectivity index (χ0n) is 9.43. The molecule has 1 aliphatic heterocycles. The summed E-state index contributed by atoms with van der Waals surface area (Å²) in [6.07, 6.45) is 4.11. The van der Waals surface area contributed by atoms with Gasteiger partial charge in [-0.3, -0.25) is 0 Å². The van der Waals surface area contributed by atoms with E-state index in [4.69, 9.17) is 4.74 Å². The lowest BCUT2D eigenvalue weighted by Gasteiger charge is -2.29. The average molecular weight is 218 g/mol. The highest BCUT2D eigenvalue weighted by Gasteiger charge is 2.26. The molecule has 2 rings (SSSR count). The first-order valence-electron chi connectivity index (χ1n) is 5.83. The quantitative estimate of drug-likeness (QED) is 0.787. The van der Waals surface area contributed by atoms with Crippen LogP contribution in [0.3, 0.4) is 0 Å². The van der Waals surface area contributed by atoms with E-state index in [1.165, 1.54) is 0 Å². The first kappa shape index (κ1) is 11.2. The number of fused-ring (bicyclic) bond motifs is 1. The fourth-order valence-electron chi connectivity index (χ4n) is 2.26. The van der Waals surface area contributed by atoms with Gasteiger partial charge in [-0.15, -0.1) is 6.58 Å². The van der Waals surface area contributed by atoms with Crippen molar-refractivity contribution in [3.05, 3.63) is 42.5 Å². The Morgan fingerprint density at radius 2 is 2.31 bits per heavy atom. The van der Waals surface area contributed by atoms with Gasteiger partial charge in [-0.05, 0) is 30.9 Å². The van der Waals surface area contributed by atoms with Gasteiger partial charge in [0, 0.05) is 5.92 Å². The Bertz CT molecular complexity index is 360. The largest absolute Gasteiger partial charge is 0.493 e. The highest BCUT2D eigenvalue weighted by molar-refractivity contribution is 5.38.